The first kappa shape index (κ1) is 15.6. The van der Waals surface area contributed by atoms with Crippen LogP contribution in [0, 0.1) is 26.7 Å². The van der Waals surface area contributed by atoms with Gasteiger partial charge in [-0.3, -0.25) is 9.69 Å². The molecule has 0 radical (unpaired) electrons. The summed E-state index contributed by atoms with van der Waals surface area (Å²) in [4.78, 5) is 17.4. The molecule has 5 nitrogen and oxygen atoms in total. The van der Waals surface area contributed by atoms with E-state index in [1.807, 2.05) is 25.7 Å². The van der Waals surface area contributed by atoms with E-state index in [9.17, 15) is 4.79 Å². The van der Waals surface area contributed by atoms with Crippen LogP contribution in [0.3, 0.4) is 0 Å². The van der Waals surface area contributed by atoms with E-state index < -0.39 is 0 Å². The van der Waals surface area contributed by atoms with E-state index in [-0.39, 0.29) is 5.91 Å². The smallest absolute Gasteiger partial charge is 0.257 e. The molecule has 2 atom stereocenters. The molecule has 122 valence electrons. The van der Waals surface area contributed by atoms with Crippen LogP contribution in [-0.4, -0.2) is 61.1 Å². The van der Waals surface area contributed by atoms with Crippen LogP contribution in [0.15, 0.2) is 4.42 Å². The summed E-state index contributed by atoms with van der Waals surface area (Å²) in [6, 6.07) is 0.446. The Balaban J connectivity index is 1.74. The number of aryl methyl sites for hydroxylation is 2. The van der Waals surface area contributed by atoms with Crippen LogP contribution in [0.25, 0.3) is 0 Å². The summed E-state index contributed by atoms with van der Waals surface area (Å²) in [7, 11) is 0. The van der Waals surface area contributed by atoms with Gasteiger partial charge in [0.2, 0.25) is 0 Å². The van der Waals surface area contributed by atoms with E-state index in [1.165, 1.54) is 0 Å². The van der Waals surface area contributed by atoms with E-state index in [4.69, 9.17) is 9.15 Å². The Kier molecular flexibility index (Phi) is 4.28. The van der Waals surface area contributed by atoms with Crippen molar-refractivity contribution in [3.05, 3.63) is 22.6 Å². The average molecular weight is 306 g/mol. The Bertz CT molecular complexity index is 560. The summed E-state index contributed by atoms with van der Waals surface area (Å²) in [5, 5.41) is 0. The van der Waals surface area contributed by atoms with Crippen molar-refractivity contribution in [2.45, 2.75) is 33.7 Å². The average Bonchev–Trinajstić information content (AvgIpc) is 3.00. The summed E-state index contributed by atoms with van der Waals surface area (Å²) in [6.07, 6.45) is 0. The maximum Gasteiger partial charge on any atom is 0.257 e. The lowest BCUT2D eigenvalue weighted by Gasteiger charge is -2.33. The molecule has 0 bridgehead atoms. The van der Waals surface area contributed by atoms with Gasteiger partial charge in [0.1, 0.15) is 11.5 Å². The highest BCUT2D eigenvalue weighted by Crippen LogP contribution is 2.27. The minimum absolute atomic E-state index is 0.120. The van der Waals surface area contributed by atoms with Gasteiger partial charge in [-0.1, -0.05) is 6.92 Å². The number of carbonyl (C=O) groups is 1. The Morgan fingerprint density at radius 2 is 1.77 bits per heavy atom. The van der Waals surface area contributed by atoms with Crippen LogP contribution in [0.2, 0.25) is 0 Å². The lowest BCUT2D eigenvalue weighted by molar-refractivity contribution is 0.0119. The van der Waals surface area contributed by atoms with Crippen molar-refractivity contribution >= 4 is 5.91 Å². The fourth-order valence-electron chi connectivity index (χ4n) is 3.77. The number of amides is 1. The molecule has 22 heavy (non-hydrogen) atoms. The largest absolute Gasteiger partial charge is 0.466 e. The van der Waals surface area contributed by atoms with Crippen molar-refractivity contribution in [2.75, 3.05) is 39.4 Å². The number of hydrogen-bond acceptors (Lipinski definition) is 4. The highest BCUT2D eigenvalue weighted by molar-refractivity contribution is 5.97. The summed E-state index contributed by atoms with van der Waals surface area (Å²) in [5.41, 5.74) is 1.73. The predicted octanol–water partition coefficient (Wildman–Crippen LogP) is 2.00. The SMILES string of the molecule is Cc1oc(C)c(C(=O)N2C[C@@H](N3CCOCC3)[C@@H](C)C2)c1C. The standard InChI is InChI=1S/C17H26N2O3/c1-11-9-19(10-15(11)18-5-7-21-8-6-18)17(20)16-12(2)13(3)22-14(16)4/h11,15H,5-10H2,1-4H3/t11-,15+/m0/s1. The van der Waals surface area contributed by atoms with Gasteiger partial charge in [0, 0.05) is 37.8 Å². The Labute approximate surface area is 132 Å². The Morgan fingerprint density at radius 1 is 1.09 bits per heavy atom. The summed E-state index contributed by atoms with van der Waals surface area (Å²) >= 11 is 0. The summed E-state index contributed by atoms with van der Waals surface area (Å²) in [6.45, 7) is 13.2. The van der Waals surface area contributed by atoms with Crippen molar-refractivity contribution in [2.24, 2.45) is 5.92 Å². The lowest BCUT2D eigenvalue weighted by atomic mass is 10.0. The maximum absolute atomic E-state index is 12.9. The van der Waals surface area contributed by atoms with Crippen LogP contribution in [-0.2, 0) is 4.74 Å². The highest BCUT2D eigenvalue weighted by atomic mass is 16.5. The van der Waals surface area contributed by atoms with E-state index >= 15 is 0 Å². The zero-order valence-electron chi connectivity index (χ0n) is 14.0. The second-order valence-electron chi connectivity index (χ2n) is 6.62. The van der Waals surface area contributed by atoms with Crippen LogP contribution in [0.4, 0.5) is 0 Å². The molecule has 0 unspecified atom stereocenters. The molecular weight excluding hydrogens is 280 g/mol. The Morgan fingerprint density at radius 3 is 2.36 bits per heavy atom. The number of nitrogens with zero attached hydrogens (tertiary/aromatic N) is 2. The second kappa shape index (κ2) is 6.05. The number of carbonyl (C=O) groups excluding carboxylic acids is 1. The van der Waals surface area contributed by atoms with Gasteiger partial charge in [0.15, 0.2) is 0 Å². The van der Waals surface area contributed by atoms with Crippen molar-refractivity contribution < 1.29 is 13.9 Å². The van der Waals surface area contributed by atoms with Crippen LogP contribution in [0.5, 0.6) is 0 Å². The number of hydrogen-bond donors (Lipinski definition) is 0. The van der Waals surface area contributed by atoms with Gasteiger partial charge in [-0.05, 0) is 26.7 Å². The van der Waals surface area contributed by atoms with E-state index in [2.05, 4.69) is 11.8 Å². The number of rotatable bonds is 2. The lowest BCUT2D eigenvalue weighted by Crippen LogP contribution is -2.47. The molecular formula is C17H26N2O3. The van der Waals surface area contributed by atoms with Gasteiger partial charge in [-0.25, -0.2) is 0 Å². The van der Waals surface area contributed by atoms with Gasteiger partial charge in [0.05, 0.1) is 18.8 Å². The molecule has 3 rings (SSSR count). The van der Waals surface area contributed by atoms with Crippen molar-refractivity contribution in [1.82, 2.24) is 9.80 Å². The van der Waals surface area contributed by atoms with Gasteiger partial charge in [-0.2, -0.15) is 0 Å². The molecule has 2 saturated heterocycles. The molecule has 3 heterocycles. The van der Waals surface area contributed by atoms with E-state index in [0.29, 0.717) is 12.0 Å². The molecule has 1 aromatic rings. The number of ether oxygens (including phenoxy) is 1. The maximum atomic E-state index is 12.9. The van der Waals surface area contributed by atoms with Crippen molar-refractivity contribution in [1.29, 1.82) is 0 Å². The van der Waals surface area contributed by atoms with Crippen LogP contribution >= 0.6 is 0 Å². The van der Waals surface area contributed by atoms with Gasteiger partial charge < -0.3 is 14.1 Å². The minimum Gasteiger partial charge on any atom is -0.466 e. The quantitative estimate of drug-likeness (QED) is 0.838. The van der Waals surface area contributed by atoms with Crippen LogP contribution in [0.1, 0.15) is 34.4 Å². The Hall–Kier alpha value is -1.33. The molecule has 1 amide bonds. The van der Waals surface area contributed by atoms with Gasteiger partial charge >= 0.3 is 0 Å². The first-order chi connectivity index (χ1) is 10.5. The molecule has 2 aliphatic heterocycles. The fraction of sp³-hybridized carbons (Fsp3) is 0.706. The molecule has 1 aromatic heterocycles. The van der Waals surface area contributed by atoms with Crippen molar-refractivity contribution in [3.8, 4) is 0 Å². The molecule has 0 saturated carbocycles. The number of furan rings is 1. The zero-order valence-corrected chi connectivity index (χ0v) is 14.0. The first-order valence-corrected chi connectivity index (χ1v) is 8.16. The molecule has 5 heteroatoms. The third kappa shape index (κ3) is 2.68. The molecule has 0 N–H and O–H groups in total. The number of likely N-dealkylation sites (tertiary alicyclic amines) is 1. The molecule has 0 spiro atoms. The molecule has 2 aliphatic rings. The fourth-order valence-corrected chi connectivity index (χ4v) is 3.77. The predicted molar refractivity (Wildman–Crippen MR) is 84.2 cm³/mol. The van der Waals surface area contributed by atoms with Gasteiger partial charge in [0.25, 0.3) is 5.91 Å². The second-order valence-corrected chi connectivity index (χ2v) is 6.62. The first-order valence-electron chi connectivity index (χ1n) is 8.16. The third-order valence-corrected chi connectivity index (χ3v) is 5.15. The summed E-state index contributed by atoms with van der Waals surface area (Å²) in [5.74, 6) is 2.20. The zero-order chi connectivity index (χ0) is 15.9. The molecule has 0 aliphatic carbocycles. The van der Waals surface area contributed by atoms with Gasteiger partial charge in [-0.15, -0.1) is 0 Å². The monoisotopic (exact) mass is 306 g/mol. The van der Waals surface area contributed by atoms with Crippen LogP contribution < -0.4 is 0 Å². The number of morpholine rings is 1. The van der Waals surface area contributed by atoms with E-state index in [0.717, 1.165) is 62.0 Å². The highest BCUT2D eigenvalue weighted by Gasteiger charge is 2.38. The molecule has 2 fully saturated rings. The third-order valence-electron chi connectivity index (χ3n) is 5.15. The van der Waals surface area contributed by atoms with E-state index in [1.54, 1.807) is 0 Å². The normalized spacial score (nSPS) is 26.6. The molecule has 0 aromatic carbocycles. The van der Waals surface area contributed by atoms with Crippen molar-refractivity contribution in [3.63, 3.8) is 0 Å². The minimum atomic E-state index is 0.120. The summed E-state index contributed by atoms with van der Waals surface area (Å²) < 4.78 is 11.1. The topological polar surface area (TPSA) is 45.9 Å².